The van der Waals surface area contributed by atoms with Gasteiger partial charge in [-0.2, -0.15) is 0 Å². The summed E-state index contributed by atoms with van der Waals surface area (Å²) < 4.78 is 5.20. The van der Waals surface area contributed by atoms with Crippen molar-refractivity contribution < 1.29 is 19.1 Å². The first kappa shape index (κ1) is 19.6. The van der Waals surface area contributed by atoms with Crippen LogP contribution < -0.4 is 20.7 Å². The molecule has 0 unspecified atom stereocenters. The zero-order valence-corrected chi connectivity index (χ0v) is 16.1. The molecule has 0 bridgehead atoms. The van der Waals surface area contributed by atoms with Crippen LogP contribution >= 0.6 is 11.6 Å². The number of carbonyl (C=O) groups excluding carboxylic acids is 3. The largest absolute Gasteiger partial charge is 0.494 e. The highest BCUT2D eigenvalue weighted by Gasteiger charge is 2.30. The fraction of sp³-hybridized carbons (Fsp3) is 0.263. The number of rotatable bonds is 6. The first-order chi connectivity index (χ1) is 13.4. The highest BCUT2D eigenvalue weighted by Crippen LogP contribution is 2.31. The van der Waals surface area contributed by atoms with Crippen molar-refractivity contribution in [3.05, 3.63) is 46.6 Å². The fourth-order valence-electron chi connectivity index (χ4n) is 2.60. The van der Waals surface area contributed by atoms with E-state index in [9.17, 15) is 14.4 Å². The molecule has 2 aromatic rings. The average molecular weight is 403 g/mol. The molecule has 0 atom stereocenters. The molecule has 0 saturated heterocycles. The van der Waals surface area contributed by atoms with Crippen molar-refractivity contribution in [2.75, 3.05) is 24.8 Å². The minimum absolute atomic E-state index is 0.00539. The number of halogens is 1. The number of ether oxygens (including phenoxy) is 1. The molecule has 0 radical (unpaired) electrons. The summed E-state index contributed by atoms with van der Waals surface area (Å²) in [6.45, 7) is 0. The van der Waals surface area contributed by atoms with Gasteiger partial charge in [-0.3, -0.25) is 14.4 Å². The van der Waals surface area contributed by atoms with E-state index in [4.69, 9.17) is 16.3 Å². The molecule has 1 aliphatic rings. The Balaban J connectivity index is 1.91. The fourth-order valence-corrected chi connectivity index (χ4v) is 2.85. The number of hydrogen-bond acceptors (Lipinski definition) is 5. The second-order valence-corrected chi connectivity index (χ2v) is 6.64. The number of nitrogens with zero attached hydrogens (tertiary/aromatic N) is 1. The van der Waals surface area contributed by atoms with Crippen molar-refractivity contribution in [3.63, 3.8) is 0 Å². The number of amides is 3. The molecule has 3 amide bonds. The van der Waals surface area contributed by atoms with Gasteiger partial charge in [-0.25, -0.2) is 4.98 Å². The van der Waals surface area contributed by atoms with Crippen LogP contribution in [-0.2, 0) is 4.79 Å². The number of carbonyl (C=O) groups is 3. The summed E-state index contributed by atoms with van der Waals surface area (Å²) >= 11 is 6.07. The number of benzene rings is 1. The third-order valence-corrected chi connectivity index (χ3v) is 4.54. The molecule has 1 heterocycles. The molecule has 0 aliphatic heterocycles. The Morgan fingerprint density at radius 3 is 2.54 bits per heavy atom. The van der Waals surface area contributed by atoms with E-state index in [-0.39, 0.29) is 45.2 Å². The van der Waals surface area contributed by atoms with Crippen LogP contribution in [0, 0.1) is 5.92 Å². The quantitative estimate of drug-likeness (QED) is 0.688. The Kier molecular flexibility index (Phi) is 5.79. The van der Waals surface area contributed by atoms with Crippen LogP contribution in [0.2, 0.25) is 5.02 Å². The first-order valence-corrected chi connectivity index (χ1v) is 8.99. The second-order valence-electron chi connectivity index (χ2n) is 6.23. The normalized spacial score (nSPS) is 12.8. The molecule has 28 heavy (non-hydrogen) atoms. The van der Waals surface area contributed by atoms with Crippen molar-refractivity contribution in [1.82, 2.24) is 10.3 Å². The maximum absolute atomic E-state index is 12.8. The number of hydrogen-bond donors (Lipinski definition) is 3. The van der Waals surface area contributed by atoms with E-state index in [2.05, 4.69) is 20.9 Å². The first-order valence-electron chi connectivity index (χ1n) is 8.61. The van der Waals surface area contributed by atoms with Crippen LogP contribution in [-0.4, -0.2) is 36.9 Å². The Morgan fingerprint density at radius 1 is 1.14 bits per heavy atom. The molecular weight excluding hydrogens is 384 g/mol. The second kappa shape index (κ2) is 8.26. The predicted octanol–water partition coefficient (Wildman–Crippen LogP) is 2.70. The number of aromatic nitrogens is 1. The van der Waals surface area contributed by atoms with E-state index in [1.54, 1.807) is 18.2 Å². The molecule has 3 rings (SSSR count). The Hall–Kier alpha value is -3.13. The van der Waals surface area contributed by atoms with Gasteiger partial charge in [0.2, 0.25) is 5.91 Å². The Bertz CT molecular complexity index is 944. The van der Waals surface area contributed by atoms with Crippen LogP contribution in [0.25, 0.3) is 0 Å². The van der Waals surface area contributed by atoms with Crippen molar-refractivity contribution in [2.24, 2.45) is 5.92 Å². The molecule has 0 spiro atoms. The lowest BCUT2D eigenvalue weighted by Gasteiger charge is -2.14. The topological polar surface area (TPSA) is 109 Å². The van der Waals surface area contributed by atoms with Gasteiger partial charge in [-0.15, -0.1) is 0 Å². The molecule has 1 saturated carbocycles. The van der Waals surface area contributed by atoms with E-state index in [0.717, 1.165) is 12.8 Å². The maximum atomic E-state index is 12.8. The summed E-state index contributed by atoms with van der Waals surface area (Å²) in [6.07, 6.45) is 2.99. The lowest BCUT2D eigenvalue weighted by Crippen LogP contribution is -2.23. The van der Waals surface area contributed by atoms with Gasteiger partial charge in [-0.1, -0.05) is 17.7 Å². The van der Waals surface area contributed by atoms with Crippen LogP contribution in [0.5, 0.6) is 5.75 Å². The summed E-state index contributed by atoms with van der Waals surface area (Å²) in [5, 5.41) is 8.14. The molecule has 1 aromatic heterocycles. The van der Waals surface area contributed by atoms with Crippen molar-refractivity contribution >= 4 is 40.8 Å². The number of anilines is 2. The molecule has 1 fully saturated rings. The minimum Gasteiger partial charge on any atom is -0.494 e. The molecule has 146 valence electrons. The summed E-state index contributed by atoms with van der Waals surface area (Å²) in [5.41, 5.74) is 0.562. The number of nitrogens with one attached hydrogen (secondary N) is 3. The molecule has 1 aliphatic carbocycles. The lowest BCUT2D eigenvalue weighted by atomic mass is 10.1. The van der Waals surface area contributed by atoms with Crippen molar-refractivity contribution in [1.29, 1.82) is 0 Å². The van der Waals surface area contributed by atoms with Gasteiger partial charge in [0.05, 0.1) is 28.9 Å². The molecular formula is C19H19ClN4O4. The van der Waals surface area contributed by atoms with Crippen LogP contribution in [0.1, 0.15) is 33.6 Å². The monoisotopic (exact) mass is 402 g/mol. The molecule has 3 N–H and O–H groups in total. The van der Waals surface area contributed by atoms with Gasteiger partial charge in [0.15, 0.2) is 0 Å². The predicted molar refractivity (Wildman–Crippen MR) is 105 cm³/mol. The number of methoxy groups -OCH3 is 1. The summed E-state index contributed by atoms with van der Waals surface area (Å²) in [4.78, 5) is 41.0. The Morgan fingerprint density at radius 2 is 1.89 bits per heavy atom. The summed E-state index contributed by atoms with van der Waals surface area (Å²) in [7, 11) is 2.88. The average Bonchev–Trinajstić information content (AvgIpc) is 3.52. The Labute approximate surface area is 166 Å². The van der Waals surface area contributed by atoms with E-state index < -0.39 is 11.8 Å². The van der Waals surface area contributed by atoms with Crippen LogP contribution in [0.4, 0.5) is 11.5 Å². The number of pyridine rings is 1. The van der Waals surface area contributed by atoms with Crippen molar-refractivity contribution in [3.8, 4) is 5.75 Å². The van der Waals surface area contributed by atoms with Gasteiger partial charge in [0.25, 0.3) is 11.8 Å². The third-order valence-electron chi connectivity index (χ3n) is 4.24. The zero-order valence-electron chi connectivity index (χ0n) is 15.3. The lowest BCUT2D eigenvalue weighted by molar-refractivity contribution is -0.117. The van der Waals surface area contributed by atoms with Crippen LogP contribution in [0.15, 0.2) is 30.5 Å². The molecule has 8 nitrogen and oxygen atoms in total. The third kappa shape index (κ3) is 4.23. The van der Waals surface area contributed by atoms with E-state index in [0.29, 0.717) is 0 Å². The van der Waals surface area contributed by atoms with Crippen LogP contribution in [0.3, 0.4) is 0 Å². The van der Waals surface area contributed by atoms with Gasteiger partial charge in [-0.05, 0) is 25.0 Å². The van der Waals surface area contributed by atoms with E-state index in [1.165, 1.54) is 26.4 Å². The standard InChI is InChI=1S/C19H19ClN4O4/c1-21-18(26)12-9-22-15(24-17(25)10-6-7-10)8-14(12)23-19(27)11-4-3-5-13(20)16(11)28-2/h3-5,8-10H,6-7H2,1-2H3,(H,21,26)(H2,22,23,24,25,27). The maximum Gasteiger partial charge on any atom is 0.259 e. The number of para-hydroxylation sites is 1. The smallest absolute Gasteiger partial charge is 0.259 e. The summed E-state index contributed by atoms with van der Waals surface area (Å²) in [5.74, 6) is -0.614. The van der Waals surface area contributed by atoms with Gasteiger partial charge < -0.3 is 20.7 Å². The van der Waals surface area contributed by atoms with E-state index in [1.807, 2.05) is 0 Å². The SMILES string of the molecule is CNC(=O)c1cnc(NC(=O)C2CC2)cc1NC(=O)c1cccc(Cl)c1OC. The molecule has 1 aromatic carbocycles. The van der Waals surface area contributed by atoms with Gasteiger partial charge in [0.1, 0.15) is 11.6 Å². The minimum atomic E-state index is -0.518. The zero-order chi connectivity index (χ0) is 20.3. The highest BCUT2D eigenvalue weighted by atomic mass is 35.5. The van der Waals surface area contributed by atoms with Crippen molar-refractivity contribution in [2.45, 2.75) is 12.8 Å². The molecule has 9 heteroatoms. The van der Waals surface area contributed by atoms with Gasteiger partial charge in [0, 0.05) is 25.2 Å². The van der Waals surface area contributed by atoms with Gasteiger partial charge >= 0.3 is 0 Å². The van der Waals surface area contributed by atoms with E-state index >= 15 is 0 Å². The highest BCUT2D eigenvalue weighted by molar-refractivity contribution is 6.33. The summed E-state index contributed by atoms with van der Waals surface area (Å²) in [6, 6.07) is 6.22.